The molecule has 0 radical (unpaired) electrons. The van der Waals surface area contributed by atoms with Gasteiger partial charge < -0.3 is 10.6 Å². The van der Waals surface area contributed by atoms with E-state index in [1.807, 2.05) is 11.8 Å². The van der Waals surface area contributed by atoms with E-state index in [9.17, 15) is 0 Å². The zero-order valence-electron chi connectivity index (χ0n) is 10.2. The summed E-state index contributed by atoms with van der Waals surface area (Å²) in [5, 5.41) is 0.841. The molecule has 17 heavy (non-hydrogen) atoms. The standard InChI is InChI=1S/C13H19BrN2S/c1-17-11-4-6-16(7-5-11)13-3-2-10(9-15)8-12(13)14/h2-3,8,11H,4-7,9,15H2,1H3. The maximum atomic E-state index is 5.65. The van der Waals surface area contributed by atoms with E-state index in [0.29, 0.717) is 6.54 Å². The van der Waals surface area contributed by atoms with Crippen LogP contribution in [0.15, 0.2) is 22.7 Å². The summed E-state index contributed by atoms with van der Waals surface area (Å²) >= 11 is 5.65. The molecule has 0 spiro atoms. The van der Waals surface area contributed by atoms with E-state index in [1.165, 1.54) is 28.6 Å². The highest BCUT2D eigenvalue weighted by Gasteiger charge is 2.19. The highest BCUT2D eigenvalue weighted by molar-refractivity contribution is 9.10. The number of hydrogen-bond acceptors (Lipinski definition) is 3. The quantitative estimate of drug-likeness (QED) is 0.928. The van der Waals surface area contributed by atoms with Crippen LogP contribution in [0.25, 0.3) is 0 Å². The smallest absolute Gasteiger partial charge is 0.0510 e. The average molecular weight is 315 g/mol. The lowest BCUT2D eigenvalue weighted by atomic mass is 10.1. The first-order valence-corrected chi connectivity index (χ1v) is 8.09. The zero-order chi connectivity index (χ0) is 12.3. The molecule has 0 atom stereocenters. The molecule has 1 saturated heterocycles. The number of halogens is 1. The minimum Gasteiger partial charge on any atom is -0.371 e. The molecule has 0 unspecified atom stereocenters. The fourth-order valence-corrected chi connectivity index (χ4v) is 3.63. The van der Waals surface area contributed by atoms with Crippen molar-refractivity contribution in [3.8, 4) is 0 Å². The third-order valence-corrected chi connectivity index (χ3v) is 5.14. The molecule has 1 aliphatic heterocycles. The molecule has 0 saturated carbocycles. The minimum absolute atomic E-state index is 0.605. The normalized spacial score (nSPS) is 17.5. The Hall–Kier alpha value is -0.190. The van der Waals surface area contributed by atoms with Crippen molar-refractivity contribution in [3.63, 3.8) is 0 Å². The average Bonchev–Trinajstić information content (AvgIpc) is 2.39. The highest BCUT2D eigenvalue weighted by atomic mass is 79.9. The van der Waals surface area contributed by atoms with E-state index in [2.05, 4.69) is 45.3 Å². The van der Waals surface area contributed by atoms with Gasteiger partial charge in [-0.25, -0.2) is 0 Å². The molecule has 2 nitrogen and oxygen atoms in total. The van der Waals surface area contributed by atoms with Gasteiger partial charge in [-0.1, -0.05) is 6.07 Å². The summed E-state index contributed by atoms with van der Waals surface area (Å²) in [7, 11) is 0. The Kier molecular flexibility index (Phi) is 4.77. The molecule has 1 heterocycles. The Bertz CT molecular complexity index is 376. The van der Waals surface area contributed by atoms with Gasteiger partial charge in [0.25, 0.3) is 0 Å². The van der Waals surface area contributed by atoms with Gasteiger partial charge in [0.2, 0.25) is 0 Å². The Labute approximate surface area is 116 Å². The number of anilines is 1. The monoisotopic (exact) mass is 314 g/mol. The summed E-state index contributed by atoms with van der Waals surface area (Å²) in [4.78, 5) is 2.47. The van der Waals surface area contributed by atoms with Gasteiger partial charge in [0, 0.05) is 29.4 Å². The largest absolute Gasteiger partial charge is 0.371 e. The molecule has 1 aromatic rings. The van der Waals surface area contributed by atoms with Gasteiger partial charge in [-0.3, -0.25) is 0 Å². The molecule has 0 bridgehead atoms. The van der Waals surface area contributed by atoms with Crippen molar-refractivity contribution in [1.29, 1.82) is 0 Å². The number of hydrogen-bond donors (Lipinski definition) is 1. The van der Waals surface area contributed by atoms with Crippen LogP contribution in [-0.2, 0) is 6.54 Å². The lowest BCUT2D eigenvalue weighted by molar-refractivity contribution is 0.591. The van der Waals surface area contributed by atoms with E-state index in [1.54, 1.807) is 0 Å². The minimum atomic E-state index is 0.605. The van der Waals surface area contributed by atoms with Gasteiger partial charge >= 0.3 is 0 Å². The number of nitrogens with two attached hydrogens (primary N) is 1. The van der Waals surface area contributed by atoms with Gasteiger partial charge in [0.05, 0.1) is 5.69 Å². The van der Waals surface area contributed by atoms with E-state index < -0.39 is 0 Å². The first-order valence-electron chi connectivity index (χ1n) is 6.01. The molecule has 1 aromatic carbocycles. The van der Waals surface area contributed by atoms with Crippen molar-refractivity contribution in [1.82, 2.24) is 0 Å². The summed E-state index contributed by atoms with van der Waals surface area (Å²) in [6, 6.07) is 6.45. The third kappa shape index (κ3) is 3.18. The van der Waals surface area contributed by atoms with Crippen molar-refractivity contribution >= 4 is 33.4 Å². The van der Waals surface area contributed by atoms with Crippen LogP contribution >= 0.6 is 27.7 Å². The van der Waals surface area contributed by atoms with Crippen molar-refractivity contribution in [2.24, 2.45) is 5.73 Å². The molecule has 2 rings (SSSR count). The van der Waals surface area contributed by atoms with Gasteiger partial charge in [-0.2, -0.15) is 11.8 Å². The molecular weight excluding hydrogens is 296 g/mol. The predicted octanol–water partition coefficient (Wildman–Crippen LogP) is 3.24. The molecule has 2 N–H and O–H groups in total. The maximum absolute atomic E-state index is 5.65. The first-order chi connectivity index (χ1) is 8.24. The summed E-state index contributed by atoms with van der Waals surface area (Å²) in [6.07, 6.45) is 4.78. The summed E-state index contributed by atoms with van der Waals surface area (Å²) < 4.78 is 1.17. The molecule has 4 heteroatoms. The van der Waals surface area contributed by atoms with Crippen molar-refractivity contribution < 1.29 is 0 Å². The molecule has 0 amide bonds. The number of rotatable bonds is 3. The van der Waals surface area contributed by atoms with Gasteiger partial charge in [0.1, 0.15) is 0 Å². The van der Waals surface area contributed by atoms with Crippen LogP contribution in [0.5, 0.6) is 0 Å². The second kappa shape index (κ2) is 6.12. The van der Waals surface area contributed by atoms with Crippen LogP contribution in [-0.4, -0.2) is 24.6 Å². The van der Waals surface area contributed by atoms with Crippen molar-refractivity contribution in [2.75, 3.05) is 24.2 Å². The second-order valence-electron chi connectivity index (χ2n) is 4.41. The van der Waals surface area contributed by atoms with Gasteiger partial charge in [0.15, 0.2) is 0 Å². The lowest BCUT2D eigenvalue weighted by Crippen LogP contribution is -2.34. The zero-order valence-corrected chi connectivity index (χ0v) is 12.6. The number of benzene rings is 1. The number of piperidine rings is 1. The maximum Gasteiger partial charge on any atom is 0.0510 e. The first kappa shape index (κ1) is 13.2. The van der Waals surface area contributed by atoms with Gasteiger partial charge in [-0.15, -0.1) is 0 Å². The number of nitrogens with zero attached hydrogens (tertiary/aromatic N) is 1. The highest BCUT2D eigenvalue weighted by Crippen LogP contribution is 2.31. The molecule has 0 aromatic heterocycles. The Morgan fingerprint density at radius 3 is 2.65 bits per heavy atom. The summed E-state index contributed by atoms with van der Waals surface area (Å²) in [6.45, 7) is 2.92. The predicted molar refractivity (Wildman–Crippen MR) is 80.8 cm³/mol. The fourth-order valence-electron chi connectivity index (χ4n) is 2.27. The molecule has 94 valence electrons. The van der Waals surface area contributed by atoms with E-state index in [-0.39, 0.29) is 0 Å². The van der Waals surface area contributed by atoms with Crippen LogP contribution in [0.1, 0.15) is 18.4 Å². The summed E-state index contributed by atoms with van der Waals surface area (Å²) in [5.74, 6) is 0. The van der Waals surface area contributed by atoms with E-state index >= 15 is 0 Å². The van der Waals surface area contributed by atoms with E-state index in [4.69, 9.17) is 5.73 Å². The van der Waals surface area contributed by atoms with Crippen molar-refractivity contribution in [2.45, 2.75) is 24.6 Å². The number of thioether (sulfide) groups is 1. The van der Waals surface area contributed by atoms with Crippen LogP contribution in [0.3, 0.4) is 0 Å². The van der Waals surface area contributed by atoms with E-state index in [0.717, 1.165) is 18.3 Å². The molecule has 1 fully saturated rings. The third-order valence-electron chi connectivity index (χ3n) is 3.36. The van der Waals surface area contributed by atoms with Gasteiger partial charge in [-0.05, 0) is 52.7 Å². The van der Waals surface area contributed by atoms with Crippen molar-refractivity contribution in [3.05, 3.63) is 28.2 Å². The van der Waals surface area contributed by atoms with Crippen LogP contribution < -0.4 is 10.6 Å². The Balaban J connectivity index is 2.08. The molecule has 1 aliphatic rings. The SMILES string of the molecule is CSC1CCN(c2ccc(CN)cc2Br)CC1. The fraction of sp³-hybridized carbons (Fsp3) is 0.538. The topological polar surface area (TPSA) is 29.3 Å². The Morgan fingerprint density at radius 2 is 2.12 bits per heavy atom. The Morgan fingerprint density at radius 1 is 1.41 bits per heavy atom. The van der Waals surface area contributed by atoms with Crippen LogP contribution in [0.4, 0.5) is 5.69 Å². The van der Waals surface area contributed by atoms with Crippen LogP contribution in [0, 0.1) is 0 Å². The second-order valence-corrected chi connectivity index (χ2v) is 6.40. The summed E-state index contributed by atoms with van der Waals surface area (Å²) in [5.41, 5.74) is 8.13. The molecular formula is C13H19BrN2S. The lowest BCUT2D eigenvalue weighted by Gasteiger charge is -2.33. The van der Waals surface area contributed by atoms with Crippen LogP contribution in [0.2, 0.25) is 0 Å². The molecule has 0 aliphatic carbocycles.